The van der Waals surface area contributed by atoms with Crippen LogP contribution in [0.5, 0.6) is 5.88 Å². The van der Waals surface area contributed by atoms with Gasteiger partial charge in [-0.1, -0.05) is 12.1 Å². The predicted octanol–water partition coefficient (Wildman–Crippen LogP) is 4.15. The van der Waals surface area contributed by atoms with Crippen LogP contribution >= 0.6 is 0 Å². The molecule has 1 atom stereocenters. The topological polar surface area (TPSA) is 69.0 Å². The molecule has 1 saturated heterocycles. The highest BCUT2D eigenvalue weighted by molar-refractivity contribution is 5.88. The lowest BCUT2D eigenvalue weighted by atomic mass is 10.0. The van der Waals surface area contributed by atoms with Crippen molar-refractivity contribution in [3.63, 3.8) is 0 Å². The van der Waals surface area contributed by atoms with Crippen molar-refractivity contribution in [3.05, 3.63) is 72.1 Å². The van der Waals surface area contributed by atoms with Crippen molar-refractivity contribution < 1.29 is 4.74 Å². The zero-order valence-electron chi connectivity index (χ0n) is 18.9. The zero-order chi connectivity index (χ0) is 22.4. The summed E-state index contributed by atoms with van der Waals surface area (Å²) in [6.07, 6.45) is 11.0. The van der Waals surface area contributed by atoms with E-state index in [2.05, 4.69) is 50.8 Å². The second kappa shape index (κ2) is 8.08. The third-order valence-electron chi connectivity index (χ3n) is 6.72. The first-order chi connectivity index (χ1) is 16.2. The first-order valence-electron chi connectivity index (χ1n) is 11.4. The fourth-order valence-corrected chi connectivity index (χ4v) is 5.00. The molecule has 0 radical (unpaired) electrons. The molecule has 1 aromatic carbocycles. The summed E-state index contributed by atoms with van der Waals surface area (Å²) in [6, 6.07) is 10.8. The number of hydrogen-bond donors (Lipinski definition) is 0. The van der Waals surface area contributed by atoms with Gasteiger partial charge < -0.3 is 14.2 Å². The van der Waals surface area contributed by atoms with Crippen LogP contribution in [0.4, 0.5) is 0 Å². The number of likely N-dealkylation sites (tertiary alicyclic amines) is 1. The molecule has 1 aliphatic heterocycles. The third kappa shape index (κ3) is 3.58. The van der Waals surface area contributed by atoms with Crippen molar-refractivity contribution in [2.24, 2.45) is 0 Å². The van der Waals surface area contributed by atoms with Crippen molar-refractivity contribution in [2.75, 3.05) is 27.2 Å². The Labute approximate surface area is 192 Å². The molecule has 1 aliphatic carbocycles. The van der Waals surface area contributed by atoms with Crippen molar-refractivity contribution in [1.29, 1.82) is 0 Å². The Bertz CT molecular complexity index is 1370. The molecule has 0 bridgehead atoms. The number of aromatic nitrogens is 5. The van der Waals surface area contributed by atoms with Gasteiger partial charge in [0.15, 0.2) is 0 Å². The summed E-state index contributed by atoms with van der Waals surface area (Å²) in [6.45, 7) is 2.23. The zero-order valence-corrected chi connectivity index (χ0v) is 18.9. The summed E-state index contributed by atoms with van der Waals surface area (Å²) in [5.74, 6) is 0.567. The number of ether oxygens (including phenoxy) is 1. The number of piperidine rings is 1. The van der Waals surface area contributed by atoms with E-state index in [4.69, 9.17) is 14.7 Å². The van der Waals surface area contributed by atoms with Gasteiger partial charge in [0.25, 0.3) is 0 Å². The summed E-state index contributed by atoms with van der Waals surface area (Å²) >= 11 is 0. The van der Waals surface area contributed by atoms with Crippen LogP contribution in [-0.4, -0.2) is 56.6 Å². The molecule has 0 N–H and O–H groups in total. The van der Waals surface area contributed by atoms with Gasteiger partial charge in [0.05, 0.1) is 47.7 Å². The summed E-state index contributed by atoms with van der Waals surface area (Å²) in [4.78, 5) is 21.0. The Kier molecular flexibility index (Phi) is 4.91. The molecule has 0 amide bonds. The van der Waals surface area contributed by atoms with Crippen molar-refractivity contribution in [3.8, 4) is 17.1 Å². The molecule has 1 unspecified atom stereocenters. The van der Waals surface area contributed by atoms with E-state index in [1.54, 1.807) is 13.3 Å². The standard InChI is InChI=1S/C26H26N6O/c1-31-11-3-4-19(15-31)32-16-29-21-7-5-17(12-24(21)32)20-6-8-22-26(20)30-23(14-28-22)18-9-10-27-25(13-18)33-2/h5-7,9-10,12-14,16,19H,3-4,8,11,15H2,1-2H3. The number of imidazole rings is 1. The molecule has 7 heteroatoms. The lowest BCUT2D eigenvalue weighted by molar-refractivity contribution is 0.214. The van der Waals surface area contributed by atoms with Gasteiger partial charge in [0, 0.05) is 42.4 Å². The first-order valence-corrected chi connectivity index (χ1v) is 11.4. The van der Waals surface area contributed by atoms with Gasteiger partial charge in [-0.2, -0.15) is 0 Å². The Hall–Kier alpha value is -3.58. The van der Waals surface area contributed by atoms with Crippen molar-refractivity contribution in [1.82, 2.24) is 29.4 Å². The molecule has 4 heterocycles. The molecule has 3 aromatic heterocycles. The van der Waals surface area contributed by atoms with Crippen LogP contribution in [-0.2, 0) is 6.42 Å². The minimum Gasteiger partial charge on any atom is -0.481 e. The molecule has 4 aromatic rings. The highest BCUT2D eigenvalue weighted by atomic mass is 16.5. The number of benzene rings is 1. The van der Waals surface area contributed by atoms with Gasteiger partial charge in [0.1, 0.15) is 0 Å². The van der Waals surface area contributed by atoms with Crippen LogP contribution in [0.2, 0.25) is 0 Å². The number of allylic oxidation sites excluding steroid dienone is 1. The maximum absolute atomic E-state index is 5.28. The van der Waals surface area contributed by atoms with Crippen LogP contribution in [0.1, 0.15) is 35.8 Å². The average Bonchev–Trinajstić information content (AvgIpc) is 3.47. The second-order valence-corrected chi connectivity index (χ2v) is 8.87. The maximum atomic E-state index is 5.28. The van der Waals surface area contributed by atoms with Crippen LogP contribution < -0.4 is 4.74 Å². The average molecular weight is 439 g/mol. The molecule has 0 spiro atoms. The molecule has 7 nitrogen and oxygen atoms in total. The fourth-order valence-electron chi connectivity index (χ4n) is 5.00. The van der Waals surface area contributed by atoms with Crippen LogP contribution in [0.3, 0.4) is 0 Å². The van der Waals surface area contributed by atoms with Crippen LogP contribution in [0.25, 0.3) is 27.9 Å². The number of likely N-dealkylation sites (N-methyl/N-ethyl adjacent to an activating group) is 1. The molecule has 0 saturated carbocycles. The molecule has 6 rings (SSSR count). The van der Waals surface area contributed by atoms with Gasteiger partial charge in [-0.05, 0) is 50.2 Å². The van der Waals surface area contributed by atoms with E-state index in [1.165, 1.54) is 24.9 Å². The summed E-state index contributed by atoms with van der Waals surface area (Å²) in [5.41, 5.74) is 8.24. The van der Waals surface area contributed by atoms with E-state index in [-0.39, 0.29) is 0 Å². The SMILES string of the molecule is COc1cc(-c2cnc3c(n2)C(c2ccc4ncn(C5CCCN(C)C5)c4c2)=CC3)ccn1. The van der Waals surface area contributed by atoms with Gasteiger partial charge in [-0.15, -0.1) is 0 Å². The Morgan fingerprint density at radius 3 is 2.88 bits per heavy atom. The summed E-state index contributed by atoms with van der Waals surface area (Å²) in [5, 5.41) is 0. The highest BCUT2D eigenvalue weighted by Gasteiger charge is 2.23. The quantitative estimate of drug-likeness (QED) is 0.477. The number of fused-ring (bicyclic) bond motifs is 2. The lowest BCUT2D eigenvalue weighted by Crippen LogP contribution is -2.33. The monoisotopic (exact) mass is 438 g/mol. The minimum absolute atomic E-state index is 0.460. The van der Waals surface area contributed by atoms with E-state index in [0.29, 0.717) is 11.9 Å². The molecule has 33 heavy (non-hydrogen) atoms. The van der Waals surface area contributed by atoms with Crippen molar-refractivity contribution in [2.45, 2.75) is 25.3 Å². The van der Waals surface area contributed by atoms with Crippen molar-refractivity contribution >= 4 is 16.6 Å². The highest BCUT2D eigenvalue weighted by Crippen LogP contribution is 2.34. The van der Waals surface area contributed by atoms with E-state index >= 15 is 0 Å². The number of pyridine rings is 1. The Balaban J connectivity index is 1.38. The molecular formula is C26H26N6O. The lowest BCUT2D eigenvalue weighted by Gasteiger charge is -2.30. The number of methoxy groups -OCH3 is 1. The largest absolute Gasteiger partial charge is 0.481 e. The maximum Gasteiger partial charge on any atom is 0.213 e. The number of hydrogen-bond acceptors (Lipinski definition) is 6. The van der Waals surface area contributed by atoms with E-state index in [1.807, 2.05) is 24.7 Å². The predicted molar refractivity (Wildman–Crippen MR) is 128 cm³/mol. The summed E-state index contributed by atoms with van der Waals surface area (Å²) < 4.78 is 7.64. The molecule has 1 fully saturated rings. The third-order valence-corrected chi connectivity index (χ3v) is 6.72. The van der Waals surface area contributed by atoms with Gasteiger partial charge in [-0.3, -0.25) is 4.98 Å². The van der Waals surface area contributed by atoms with E-state index in [9.17, 15) is 0 Å². The normalized spacial score (nSPS) is 18.4. The fraction of sp³-hybridized carbons (Fsp3) is 0.308. The first kappa shape index (κ1) is 20.1. The van der Waals surface area contributed by atoms with Gasteiger partial charge in [-0.25, -0.2) is 15.0 Å². The van der Waals surface area contributed by atoms with E-state index < -0.39 is 0 Å². The Morgan fingerprint density at radius 1 is 1.06 bits per heavy atom. The van der Waals surface area contributed by atoms with Gasteiger partial charge >= 0.3 is 0 Å². The number of nitrogens with zero attached hydrogens (tertiary/aromatic N) is 6. The molecule has 166 valence electrons. The molecule has 2 aliphatic rings. The molecular weight excluding hydrogens is 412 g/mol. The minimum atomic E-state index is 0.460. The van der Waals surface area contributed by atoms with Crippen LogP contribution in [0.15, 0.2) is 55.1 Å². The number of rotatable bonds is 4. The van der Waals surface area contributed by atoms with Gasteiger partial charge in [0.2, 0.25) is 5.88 Å². The smallest absolute Gasteiger partial charge is 0.213 e. The van der Waals surface area contributed by atoms with Crippen LogP contribution in [0, 0.1) is 0 Å². The van der Waals surface area contributed by atoms with E-state index in [0.717, 1.165) is 52.3 Å². The second-order valence-electron chi connectivity index (χ2n) is 8.87. The Morgan fingerprint density at radius 2 is 2.00 bits per heavy atom. The summed E-state index contributed by atoms with van der Waals surface area (Å²) in [7, 11) is 3.82.